The number of amides is 1. The van der Waals surface area contributed by atoms with Crippen molar-refractivity contribution in [2.75, 3.05) is 19.6 Å². The first-order valence-electron chi connectivity index (χ1n) is 10.8. The number of fused-ring (bicyclic) bond motifs is 2. The summed E-state index contributed by atoms with van der Waals surface area (Å²) in [6, 6.07) is 2.53. The Hall–Kier alpha value is -3.38. The number of aryl methyl sites for hydroxylation is 2. The van der Waals surface area contributed by atoms with E-state index in [1.165, 1.54) is 0 Å². The predicted molar refractivity (Wildman–Crippen MR) is 123 cm³/mol. The maximum Gasteiger partial charge on any atom is 0.255 e. The van der Waals surface area contributed by atoms with Crippen molar-refractivity contribution in [2.24, 2.45) is 0 Å². The molecule has 0 saturated carbocycles. The quantitative estimate of drug-likeness (QED) is 0.821. The van der Waals surface area contributed by atoms with Crippen molar-refractivity contribution in [1.82, 2.24) is 24.5 Å². The van der Waals surface area contributed by atoms with Crippen molar-refractivity contribution >= 4 is 17.0 Å². The fraction of sp³-hybridized carbons (Fsp3) is 0.280. The van der Waals surface area contributed by atoms with Crippen LogP contribution in [0.5, 0.6) is 0 Å². The topological polar surface area (TPSA) is 52.9 Å². The molecule has 0 unspecified atom stereocenters. The maximum absolute atomic E-state index is 13.3. The van der Waals surface area contributed by atoms with Crippen molar-refractivity contribution in [2.45, 2.75) is 26.8 Å². The third-order valence-corrected chi connectivity index (χ3v) is 5.98. The van der Waals surface area contributed by atoms with Crippen LogP contribution in [-0.4, -0.2) is 50.8 Å². The van der Waals surface area contributed by atoms with Crippen LogP contribution in [0.3, 0.4) is 0 Å². The Labute approximate surface area is 182 Å². The monoisotopic (exact) mass is 413 g/mol. The molecule has 1 saturated heterocycles. The van der Waals surface area contributed by atoms with Gasteiger partial charge in [-0.05, 0) is 50.6 Å². The summed E-state index contributed by atoms with van der Waals surface area (Å²) in [5, 5.41) is 3.47. The summed E-state index contributed by atoms with van der Waals surface area (Å²) in [4.78, 5) is 21.9. The summed E-state index contributed by atoms with van der Waals surface area (Å²) >= 11 is 0. The third kappa shape index (κ3) is 3.75. The smallest absolute Gasteiger partial charge is 0.255 e. The standard InChI is InChI=1S/C25H27N5O/c1-17-13-28(10-9-26-17)23-8-7-22-6-4-5-20(12-25(31)30(22)16-23)21-11-24-19(3)27-18(2)14-29(24)15-21/h4-8,11-12,14-17,26H,9-10,13H2,1-3H3/b5-4+,20-12+,22-6+/t17-/m1/s1. The normalized spacial score (nSPS) is 25.8. The molecule has 2 aromatic rings. The number of carbonyl (C=O) groups is 1. The van der Waals surface area contributed by atoms with E-state index in [0.29, 0.717) is 6.04 Å². The molecule has 1 N–H and O–H groups in total. The number of piperazine rings is 1. The number of allylic oxidation sites excluding steroid dienone is 6. The Balaban J connectivity index is 1.49. The van der Waals surface area contributed by atoms with Gasteiger partial charge in [0, 0.05) is 61.6 Å². The highest BCUT2D eigenvalue weighted by Crippen LogP contribution is 2.27. The molecule has 6 nitrogen and oxygen atoms in total. The van der Waals surface area contributed by atoms with E-state index in [0.717, 1.165) is 59.1 Å². The number of hydrogen-bond acceptors (Lipinski definition) is 4. The molecule has 31 heavy (non-hydrogen) atoms. The van der Waals surface area contributed by atoms with Crippen molar-refractivity contribution < 1.29 is 4.79 Å². The second kappa shape index (κ2) is 7.71. The largest absolute Gasteiger partial charge is 0.368 e. The molecule has 3 aliphatic rings. The molecule has 158 valence electrons. The van der Waals surface area contributed by atoms with Gasteiger partial charge in [0.25, 0.3) is 5.91 Å². The zero-order chi connectivity index (χ0) is 21.5. The predicted octanol–water partition coefficient (Wildman–Crippen LogP) is 3.32. The van der Waals surface area contributed by atoms with Crippen LogP contribution in [0, 0.1) is 13.8 Å². The van der Waals surface area contributed by atoms with Gasteiger partial charge in [-0.25, -0.2) is 0 Å². The van der Waals surface area contributed by atoms with Gasteiger partial charge in [0.1, 0.15) is 0 Å². The molecule has 3 aliphatic heterocycles. The number of rotatable bonds is 2. The lowest BCUT2D eigenvalue weighted by molar-refractivity contribution is -0.122. The van der Waals surface area contributed by atoms with E-state index in [1.54, 1.807) is 11.0 Å². The zero-order valence-electron chi connectivity index (χ0n) is 18.2. The van der Waals surface area contributed by atoms with E-state index < -0.39 is 0 Å². The summed E-state index contributed by atoms with van der Waals surface area (Å²) in [6.45, 7) is 9.01. The summed E-state index contributed by atoms with van der Waals surface area (Å²) < 4.78 is 2.08. The molecule has 2 aromatic heterocycles. The van der Waals surface area contributed by atoms with Crippen molar-refractivity contribution in [3.8, 4) is 0 Å². The first-order chi connectivity index (χ1) is 15.0. The SMILES string of the molecule is Cc1cn2cc(C3=C\C(=O)N4C=C(N5CCN[C@H](C)C5)C=C\C4=C/C=C/3)cc2c(C)n1. The van der Waals surface area contributed by atoms with Gasteiger partial charge in [0.2, 0.25) is 0 Å². The number of carbonyl (C=O) groups excluding carboxylic acids is 1. The lowest BCUT2D eigenvalue weighted by atomic mass is 10.1. The van der Waals surface area contributed by atoms with Gasteiger partial charge in [-0.1, -0.05) is 12.2 Å². The fourth-order valence-corrected chi connectivity index (χ4v) is 4.45. The van der Waals surface area contributed by atoms with E-state index in [1.807, 2.05) is 50.5 Å². The highest BCUT2D eigenvalue weighted by atomic mass is 16.2. The van der Waals surface area contributed by atoms with Crippen LogP contribution < -0.4 is 5.32 Å². The van der Waals surface area contributed by atoms with Crippen LogP contribution in [0.25, 0.3) is 11.1 Å². The number of aromatic nitrogens is 2. The third-order valence-electron chi connectivity index (χ3n) is 5.98. The van der Waals surface area contributed by atoms with E-state index in [-0.39, 0.29) is 5.91 Å². The van der Waals surface area contributed by atoms with Gasteiger partial charge in [-0.3, -0.25) is 14.7 Å². The number of nitrogens with zero attached hydrogens (tertiary/aromatic N) is 4. The van der Waals surface area contributed by atoms with Crippen molar-refractivity contribution in [1.29, 1.82) is 0 Å². The van der Waals surface area contributed by atoms with Gasteiger partial charge in [0.15, 0.2) is 0 Å². The van der Waals surface area contributed by atoms with Gasteiger partial charge in [-0.2, -0.15) is 0 Å². The van der Waals surface area contributed by atoms with Crippen molar-refractivity contribution in [3.05, 3.63) is 89.5 Å². The average Bonchev–Trinajstić information content (AvgIpc) is 3.16. The van der Waals surface area contributed by atoms with E-state index in [2.05, 4.69) is 44.9 Å². The van der Waals surface area contributed by atoms with Crippen molar-refractivity contribution in [3.63, 3.8) is 0 Å². The van der Waals surface area contributed by atoms with Crippen LogP contribution in [-0.2, 0) is 4.79 Å². The zero-order valence-corrected chi connectivity index (χ0v) is 18.2. The first kappa shape index (κ1) is 19.6. The lowest BCUT2D eigenvalue weighted by Crippen LogP contribution is -2.48. The molecular weight excluding hydrogens is 386 g/mol. The molecule has 1 atom stereocenters. The molecule has 1 amide bonds. The van der Waals surface area contributed by atoms with E-state index >= 15 is 0 Å². The van der Waals surface area contributed by atoms with Crippen LogP contribution in [0.15, 0.2) is 72.5 Å². The highest BCUT2D eigenvalue weighted by Gasteiger charge is 2.23. The van der Waals surface area contributed by atoms with E-state index in [4.69, 9.17) is 0 Å². The maximum atomic E-state index is 13.3. The molecular formula is C25H27N5O. The minimum atomic E-state index is -0.0445. The van der Waals surface area contributed by atoms with E-state index in [9.17, 15) is 4.79 Å². The number of hydrogen-bond donors (Lipinski definition) is 1. The fourth-order valence-electron chi connectivity index (χ4n) is 4.45. The Kier molecular flexibility index (Phi) is 4.87. The summed E-state index contributed by atoms with van der Waals surface area (Å²) in [5.41, 5.74) is 6.85. The molecule has 0 aromatic carbocycles. The average molecular weight is 414 g/mol. The molecule has 0 bridgehead atoms. The van der Waals surface area contributed by atoms with Gasteiger partial charge in [-0.15, -0.1) is 0 Å². The van der Waals surface area contributed by atoms with Crippen LogP contribution in [0.4, 0.5) is 0 Å². The van der Waals surface area contributed by atoms with Crippen LogP contribution in [0.2, 0.25) is 0 Å². The summed E-state index contributed by atoms with van der Waals surface area (Å²) in [5.74, 6) is -0.0445. The Morgan fingerprint density at radius 3 is 2.81 bits per heavy atom. The molecule has 0 spiro atoms. The Morgan fingerprint density at radius 2 is 1.97 bits per heavy atom. The molecule has 0 radical (unpaired) electrons. The van der Waals surface area contributed by atoms with Crippen LogP contribution >= 0.6 is 0 Å². The molecule has 5 rings (SSSR count). The van der Waals surface area contributed by atoms with Gasteiger partial charge < -0.3 is 14.6 Å². The van der Waals surface area contributed by atoms with Crippen LogP contribution in [0.1, 0.15) is 23.9 Å². The Bertz CT molecular complexity index is 1210. The number of nitrogens with one attached hydrogen (secondary N) is 1. The highest BCUT2D eigenvalue weighted by molar-refractivity contribution is 6.00. The first-order valence-corrected chi connectivity index (χ1v) is 10.8. The minimum absolute atomic E-state index is 0.0445. The molecule has 1 fully saturated rings. The molecule has 0 aliphatic carbocycles. The minimum Gasteiger partial charge on any atom is -0.368 e. The molecule has 5 heterocycles. The van der Waals surface area contributed by atoms with Gasteiger partial charge in [0.05, 0.1) is 22.6 Å². The second-order valence-corrected chi connectivity index (χ2v) is 8.44. The van der Waals surface area contributed by atoms with Gasteiger partial charge >= 0.3 is 0 Å². The summed E-state index contributed by atoms with van der Waals surface area (Å²) in [7, 11) is 0. The molecule has 6 heteroatoms. The Morgan fingerprint density at radius 1 is 1.13 bits per heavy atom. The lowest BCUT2D eigenvalue weighted by Gasteiger charge is -2.36. The second-order valence-electron chi connectivity index (χ2n) is 8.44. The summed E-state index contributed by atoms with van der Waals surface area (Å²) in [6.07, 6.45) is 17.9.